The third kappa shape index (κ3) is 2.67. The van der Waals surface area contributed by atoms with Crippen LogP contribution in [0, 0.1) is 0 Å². The van der Waals surface area contributed by atoms with E-state index in [1.54, 1.807) is 0 Å². The molecule has 0 bridgehead atoms. The van der Waals surface area contributed by atoms with Crippen molar-refractivity contribution in [3.8, 4) is 0 Å². The summed E-state index contributed by atoms with van der Waals surface area (Å²) in [6.07, 6.45) is 3.28. The van der Waals surface area contributed by atoms with Gasteiger partial charge in [0.1, 0.15) is 0 Å². The van der Waals surface area contributed by atoms with Crippen LogP contribution in [0.1, 0.15) is 26.3 Å². The Bertz CT molecular complexity index is 619. The summed E-state index contributed by atoms with van der Waals surface area (Å²) >= 11 is 0. The standard InChI is InChI=1S/C18H27N3/c1-5-15-12-17-16(6-7-19(17)4)18(13-15)21-10-8-20(9-11-21)14(2)3/h6-7,12-14H,5,8-11H2,1-4H3. The first-order chi connectivity index (χ1) is 10.1. The molecule has 1 aliphatic heterocycles. The molecular formula is C18H27N3. The van der Waals surface area contributed by atoms with Gasteiger partial charge < -0.3 is 9.47 Å². The van der Waals surface area contributed by atoms with Crippen molar-refractivity contribution in [3.63, 3.8) is 0 Å². The maximum absolute atomic E-state index is 2.57. The van der Waals surface area contributed by atoms with Crippen molar-refractivity contribution in [1.29, 1.82) is 0 Å². The minimum absolute atomic E-state index is 0.658. The fraction of sp³-hybridized carbons (Fsp3) is 0.556. The molecule has 0 atom stereocenters. The molecule has 2 heterocycles. The van der Waals surface area contributed by atoms with Crippen LogP contribution in [0.3, 0.4) is 0 Å². The van der Waals surface area contributed by atoms with Crippen molar-refractivity contribution in [1.82, 2.24) is 9.47 Å². The van der Waals surface area contributed by atoms with Gasteiger partial charge in [-0.1, -0.05) is 6.92 Å². The fourth-order valence-electron chi connectivity index (χ4n) is 3.35. The monoisotopic (exact) mass is 285 g/mol. The van der Waals surface area contributed by atoms with E-state index in [2.05, 4.69) is 66.6 Å². The zero-order valence-corrected chi connectivity index (χ0v) is 13.8. The molecule has 0 saturated carbocycles. The van der Waals surface area contributed by atoms with Gasteiger partial charge in [0.15, 0.2) is 0 Å². The lowest BCUT2D eigenvalue weighted by Gasteiger charge is -2.38. The van der Waals surface area contributed by atoms with Gasteiger partial charge in [-0.25, -0.2) is 0 Å². The summed E-state index contributed by atoms with van der Waals surface area (Å²) in [6, 6.07) is 7.65. The van der Waals surface area contributed by atoms with E-state index >= 15 is 0 Å². The summed E-state index contributed by atoms with van der Waals surface area (Å²) in [5, 5.41) is 1.40. The summed E-state index contributed by atoms with van der Waals surface area (Å²) in [5.41, 5.74) is 4.22. The second kappa shape index (κ2) is 5.72. The van der Waals surface area contributed by atoms with Gasteiger partial charge in [-0.2, -0.15) is 0 Å². The maximum atomic E-state index is 2.57. The largest absolute Gasteiger partial charge is 0.368 e. The SMILES string of the molecule is CCc1cc(N2CCN(C(C)C)CC2)c2ccn(C)c2c1. The van der Waals surface area contributed by atoms with E-state index in [4.69, 9.17) is 0 Å². The molecule has 3 rings (SSSR count). The van der Waals surface area contributed by atoms with Gasteiger partial charge in [0.05, 0.1) is 5.52 Å². The van der Waals surface area contributed by atoms with E-state index in [1.165, 1.54) is 35.2 Å². The molecule has 2 aromatic rings. The van der Waals surface area contributed by atoms with E-state index in [9.17, 15) is 0 Å². The second-order valence-corrected chi connectivity index (χ2v) is 6.44. The number of hydrogen-bond acceptors (Lipinski definition) is 2. The molecule has 1 aromatic carbocycles. The van der Waals surface area contributed by atoms with Crippen molar-refractivity contribution < 1.29 is 0 Å². The Morgan fingerprint density at radius 2 is 1.81 bits per heavy atom. The summed E-state index contributed by atoms with van der Waals surface area (Å²) in [6.45, 7) is 11.4. The number of aromatic nitrogens is 1. The van der Waals surface area contributed by atoms with Crippen molar-refractivity contribution in [2.24, 2.45) is 7.05 Å². The molecule has 0 radical (unpaired) electrons. The third-order valence-corrected chi connectivity index (χ3v) is 4.83. The topological polar surface area (TPSA) is 11.4 Å². The number of hydrogen-bond donors (Lipinski definition) is 0. The molecule has 0 amide bonds. The Labute approximate surface area is 128 Å². The van der Waals surface area contributed by atoms with E-state index in [1.807, 2.05) is 0 Å². The molecule has 3 heteroatoms. The van der Waals surface area contributed by atoms with Gasteiger partial charge in [0.25, 0.3) is 0 Å². The lowest BCUT2D eigenvalue weighted by atomic mass is 10.1. The van der Waals surface area contributed by atoms with Gasteiger partial charge in [0.2, 0.25) is 0 Å². The number of benzene rings is 1. The Morgan fingerprint density at radius 1 is 1.10 bits per heavy atom. The van der Waals surface area contributed by atoms with Gasteiger partial charge in [-0.05, 0) is 44.0 Å². The number of nitrogens with zero attached hydrogens (tertiary/aromatic N) is 3. The molecule has 1 aromatic heterocycles. The van der Waals surface area contributed by atoms with Crippen LogP contribution in [-0.4, -0.2) is 41.7 Å². The van der Waals surface area contributed by atoms with Crippen LogP contribution in [0.4, 0.5) is 5.69 Å². The van der Waals surface area contributed by atoms with Crippen LogP contribution in [0.25, 0.3) is 10.9 Å². The van der Waals surface area contributed by atoms with E-state index in [0.29, 0.717) is 6.04 Å². The highest BCUT2D eigenvalue weighted by atomic mass is 15.3. The van der Waals surface area contributed by atoms with Crippen LogP contribution in [0.2, 0.25) is 0 Å². The van der Waals surface area contributed by atoms with Crippen LogP contribution in [-0.2, 0) is 13.5 Å². The zero-order valence-electron chi connectivity index (χ0n) is 13.8. The number of rotatable bonds is 3. The number of anilines is 1. The van der Waals surface area contributed by atoms with E-state index < -0.39 is 0 Å². The third-order valence-electron chi connectivity index (χ3n) is 4.83. The molecule has 0 spiro atoms. The van der Waals surface area contributed by atoms with Crippen molar-refractivity contribution in [2.45, 2.75) is 33.2 Å². The van der Waals surface area contributed by atoms with Crippen molar-refractivity contribution in [2.75, 3.05) is 31.1 Å². The predicted octanol–water partition coefficient (Wildman–Crippen LogP) is 3.27. The zero-order chi connectivity index (χ0) is 15.0. The molecular weight excluding hydrogens is 258 g/mol. The van der Waals surface area contributed by atoms with Crippen molar-refractivity contribution >= 4 is 16.6 Å². The highest BCUT2D eigenvalue weighted by Gasteiger charge is 2.21. The lowest BCUT2D eigenvalue weighted by Crippen LogP contribution is -2.49. The molecule has 0 N–H and O–H groups in total. The Morgan fingerprint density at radius 3 is 2.43 bits per heavy atom. The molecule has 3 nitrogen and oxygen atoms in total. The average Bonchev–Trinajstić information content (AvgIpc) is 2.88. The quantitative estimate of drug-likeness (QED) is 0.857. The van der Waals surface area contributed by atoms with Crippen molar-refractivity contribution in [3.05, 3.63) is 30.0 Å². The fourth-order valence-corrected chi connectivity index (χ4v) is 3.35. The Balaban J connectivity index is 1.93. The van der Waals surface area contributed by atoms with Crippen LogP contribution < -0.4 is 4.90 Å². The highest BCUT2D eigenvalue weighted by Crippen LogP contribution is 2.30. The first kappa shape index (κ1) is 14.5. The van der Waals surface area contributed by atoms with Crippen LogP contribution >= 0.6 is 0 Å². The van der Waals surface area contributed by atoms with Gasteiger partial charge in [0, 0.05) is 56.5 Å². The van der Waals surface area contributed by atoms with E-state index in [-0.39, 0.29) is 0 Å². The van der Waals surface area contributed by atoms with Crippen LogP contribution in [0.5, 0.6) is 0 Å². The molecule has 0 unspecified atom stereocenters. The Kier molecular flexibility index (Phi) is 3.94. The smallest absolute Gasteiger partial charge is 0.0501 e. The molecule has 1 saturated heterocycles. The number of fused-ring (bicyclic) bond motifs is 1. The summed E-state index contributed by atoms with van der Waals surface area (Å²) < 4.78 is 2.24. The summed E-state index contributed by atoms with van der Waals surface area (Å²) in [4.78, 5) is 5.14. The molecule has 21 heavy (non-hydrogen) atoms. The number of aryl methyl sites for hydroxylation is 2. The lowest BCUT2D eigenvalue weighted by molar-refractivity contribution is 0.209. The Hall–Kier alpha value is -1.48. The minimum Gasteiger partial charge on any atom is -0.368 e. The van der Waals surface area contributed by atoms with Gasteiger partial charge >= 0.3 is 0 Å². The summed E-state index contributed by atoms with van der Waals surface area (Å²) in [5.74, 6) is 0. The number of piperazine rings is 1. The van der Waals surface area contributed by atoms with Gasteiger partial charge in [-0.3, -0.25) is 4.90 Å². The molecule has 0 aliphatic carbocycles. The maximum Gasteiger partial charge on any atom is 0.0501 e. The minimum atomic E-state index is 0.658. The summed E-state index contributed by atoms with van der Waals surface area (Å²) in [7, 11) is 2.14. The molecule has 114 valence electrons. The molecule has 1 fully saturated rings. The normalized spacial score (nSPS) is 17.1. The van der Waals surface area contributed by atoms with Crippen LogP contribution in [0.15, 0.2) is 24.4 Å². The molecule has 1 aliphatic rings. The average molecular weight is 285 g/mol. The van der Waals surface area contributed by atoms with Gasteiger partial charge in [-0.15, -0.1) is 0 Å². The highest BCUT2D eigenvalue weighted by molar-refractivity contribution is 5.93. The predicted molar refractivity (Wildman–Crippen MR) is 91.2 cm³/mol. The second-order valence-electron chi connectivity index (χ2n) is 6.44. The first-order valence-corrected chi connectivity index (χ1v) is 8.17. The van der Waals surface area contributed by atoms with E-state index in [0.717, 1.165) is 19.5 Å². The first-order valence-electron chi connectivity index (χ1n) is 8.17.